The number of nitrogens with zero attached hydrogens (tertiary/aromatic N) is 2. The molecule has 0 bridgehead atoms. The van der Waals surface area contributed by atoms with Gasteiger partial charge in [0.1, 0.15) is 0 Å². The molecular formula is C12H19N5OS. The molecule has 104 valence electrons. The molecule has 1 amide bonds. The van der Waals surface area contributed by atoms with Gasteiger partial charge in [-0.25, -0.2) is 0 Å². The highest BCUT2D eigenvalue weighted by Gasteiger charge is 2.39. The molecule has 0 aromatic carbocycles. The first-order valence-corrected chi connectivity index (χ1v) is 6.96. The predicted octanol–water partition coefficient (Wildman–Crippen LogP) is 1.16. The van der Waals surface area contributed by atoms with Crippen LogP contribution in [0.2, 0.25) is 0 Å². The molecule has 6 nitrogen and oxygen atoms in total. The van der Waals surface area contributed by atoms with E-state index in [1.807, 2.05) is 0 Å². The minimum absolute atomic E-state index is 0.258. The summed E-state index contributed by atoms with van der Waals surface area (Å²) in [6, 6.07) is 0. The van der Waals surface area contributed by atoms with E-state index in [1.165, 1.54) is 6.20 Å². The van der Waals surface area contributed by atoms with Crippen LogP contribution in [0.5, 0.6) is 0 Å². The molecule has 1 heterocycles. The van der Waals surface area contributed by atoms with Gasteiger partial charge in [-0.15, -0.1) is 0 Å². The SMILES string of the molecule is CCC1CCC(NC(=O)c2cn[nH]n2)(C(N)=S)CC1. The third kappa shape index (κ3) is 2.91. The van der Waals surface area contributed by atoms with Crippen LogP contribution in [-0.4, -0.2) is 31.8 Å². The summed E-state index contributed by atoms with van der Waals surface area (Å²) in [6.07, 6.45) is 6.21. The van der Waals surface area contributed by atoms with Crippen molar-refractivity contribution in [1.82, 2.24) is 20.7 Å². The van der Waals surface area contributed by atoms with Crippen molar-refractivity contribution in [2.75, 3.05) is 0 Å². The highest BCUT2D eigenvalue weighted by molar-refractivity contribution is 7.80. The number of carbonyl (C=O) groups excluding carboxylic acids is 1. The second-order valence-electron chi connectivity index (χ2n) is 5.11. The predicted molar refractivity (Wildman–Crippen MR) is 75.6 cm³/mol. The Balaban J connectivity index is 2.09. The summed E-state index contributed by atoms with van der Waals surface area (Å²) in [6.45, 7) is 2.19. The number of aromatic nitrogens is 3. The first-order chi connectivity index (χ1) is 9.07. The van der Waals surface area contributed by atoms with Crippen LogP contribution < -0.4 is 11.1 Å². The zero-order valence-corrected chi connectivity index (χ0v) is 11.8. The topological polar surface area (TPSA) is 96.7 Å². The van der Waals surface area contributed by atoms with Crippen molar-refractivity contribution in [3.05, 3.63) is 11.9 Å². The average molecular weight is 281 g/mol. The summed E-state index contributed by atoms with van der Waals surface area (Å²) >= 11 is 5.17. The van der Waals surface area contributed by atoms with Crippen molar-refractivity contribution in [2.24, 2.45) is 11.7 Å². The summed E-state index contributed by atoms with van der Waals surface area (Å²) in [4.78, 5) is 12.4. The molecule has 1 fully saturated rings. The Labute approximate surface area is 117 Å². The number of hydrogen-bond acceptors (Lipinski definition) is 4. The smallest absolute Gasteiger partial charge is 0.274 e. The lowest BCUT2D eigenvalue weighted by Crippen LogP contribution is -2.58. The van der Waals surface area contributed by atoms with Crippen molar-refractivity contribution >= 4 is 23.1 Å². The number of thiocarbonyl (C=S) groups is 1. The quantitative estimate of drug-likeness (QED) is 0.720. The molecule has 1 aromatic rings. The third-order valence-corrected chi connectivity index (χ3v) is 4.40. The van der Waals surface area contributed by atoms with Gasteiger partial charge in [0.2, 0.25) is 0 Å². The Morgan fingerprint density at radius 3 is 2.79 bits per heavy atom. The Kier molecular flexibility index (Phi) is 4.14. The number of nitrogens with one attached hydrogen (secondary N) is 2. The van der Waals surface area contributed by atoms with Gasteiger partial charge in [-0.05, 0) is 31.6 Å². The van der Waals surface area contributed by atoms with E-state index in [0.717, 1.165) is 32.1 Å². The molecule has 0 spiro atoms. The molecule has 0 aliphatic heterocycles. The molecule has 4 N–H and O–H groups in total. The van der Waals surface area contributed by atoms with Crippen LogP contribution in [-0.2, 0) is 0 Å². The average Bonchev–Trinajstić information content (AvgIpc) is 2.93. The van der Waals surface area contributed by atoms with Gasteiger partial charge in [-0.2, -0.15) is 15.4 Å². The Hall–Kier alpha value is -1.50. The van der Waals surface area contributed by atoms with Gasteiger partial charge in [0.05, 0.1) is 16.7 Å². The van der Waals surface area contributed by atoms with Gasteiger partial charge < -0.3 is 11.1 Å². The zero-order chi connectivity index (χ0) is 13.9. The standard InChI is InChI=1S/C12H19N5OS/c1-2-8-3-5-12(6-4-8,11(13)19)15-10(18)9-7-14-17-16-9/h7-8H,2-6H2,1H3,(H2,13,19)(H,15,18)(H,14,16,17). The molecule has 0 atom stereocenters. The van der Waals surface area contributed by atoms with Crippen molar-refractivity contribution in [2.45, 2.75) is 44.6 Å². The normalized spacial score (nSPS) is 26.9. The number of hydrogen-bond donors (Lipinski definition) is 3. The third-order valence-electron chi connectivity index (χ3n) is 4.01. The van der Waals surface area contributed by atoms with E-state index in [2.05, 4.69) is 27.7 Å². The maximum Gasteiger partial charge on any atom is 0.274 e. The van der Waals surface area contributed by atoms with E-state index in [4.69, 9.17) is 18.0 Å². The van der Waals surface area contributed by atoms with Gasteiger partial charge in [-0.3, -0.25) is 4.79 Å². The number of carbonyl (C=O) groups is 1. The largest absolute Gasteiger partial charge is 0.391 e. The van der Waals surface area contributed by atoms with E-state index in [1.54, 1.807) is 0 Å². The number of nitrogens with two attached hydrogens (primary N) is 1. The molecule has 2 rings (SSSR count). The summed E-state index contributed by atoms with van der Waals surface area (Å²) in [5.74, 6) is 0.419. The molecule has 0 radical (unpaired) electrons. The number of H-pyrrole nitrogens is 1. The van der Waals surface area contributed by atoms with Crippen molar-refractivity contribution < 1.29 is 4.79 Å². The van der Waals surface area contributed by atoms with Crippen LogP contribution in [0.15, 0.2) is 6.20 Å². The van der Waals surface area contributed by atoms with E-state index in [9.17, 15) is 4.79 Å². The van der Waals surface area contributed by atoms with E-state index in [0.29, 0.717) is 10.9 Å². The fourth-order valence-corrected chi connectivity index (χ4v) is 2.86. The Morgan fingerprint density at radius 2 is 2.32 bits per heavy atom. The molecule has 1 aromatic heterocycles. The Morgan fingerprint density at radius 1 is 1.63 bits per heavy atom. The molecular weight excluding hydrogens is 262 g/mol. The van der Waals surface area contributed by atoms with E-state index in [-0.39, 0.29) is 11.6 Å². The van der Waals surface area contributed by atoms with Crippen LogP contribution in [0.25, 0.3) is 0 Å². The second kappa shape index (κ2) is 5.64. The summed E-state index contributed by atoms with van der Waals surface area (Å²) in [7, 11) is 0. The molecule has 7 heteroatoms. The summed E-state index contributed by atoms with van der Waals surface area (Å²) in [5, 5.41) is 12.8. The van der Waals surface area contributed by atoms with Gasteiger partial charge in [0, 0.05) is 0 Å². The number of aromatic amines is 1. The van der Waals surface area contributed by atoms with Crippen LogP contribution in [0.3, 0.4) is 0 Å². The maximum atomic E-state index is 12.1. The second-order valence-corrected chi connectivity index (χ2v) is 5.55. The minimum atomic E-state index is -0.572. The fraction of sp³-hybridized carbons (Fsp3) is 0.667. The lowest BCUT2D eigenvalue weighted by molar-refractivity contribution is 0.0893. The Bertz CT molecular complexity index is 451. The highest BCUT2D eigenvalue weighted by atomic mass is 32.1. The lowest BCUT2D eigenvalue weighted by atomic mass is 9.75. The molecule has 0 saturated heterocycles. The van der Waals surface area contributed by atoms with Crippen LogP contribution in [0.4, 0.5) is 0 Å². The van der Waals surface area contributed by atoms with Gasteiger partial charge >= 0.3 is 0 Å². The summed E-state index contributed by atoms with van der Waals surface area (Å²) in [5.41, 5.74) is 5.55. The molecule has 19 heavy (non-hydrogen) atoms. The summed E-state index contributed by atoms with van der Waals surface area (Å²) < 4.78 is 0. The molecule has 1 aliphatic rings. The lowest BCUT2D eigenvalue weighted by Gasteiger charge is -2.39. The first kappa shape index (κ1) is 13.9. The van der Waals surface area contributed by atoms with Crippen LogP contribution in [0.1, 0.15) is 49.5 Å². The van der Waals surface area contributed by atoms with E-state index < -0.39 is 5.54 Å². The van der Waals surface area contributed by atoms with Gasteiger partial charge in [0.25, 0.3) is 5.91 Å². The molecule has 0 unspecified atom stereocenters. The zero-order valence-electron chi connectivity index (χ0n) is 11.0. The number of amides is 1. The molecule has 1 saturated carbocycles. The van der Waals surface area contributed by atoms with E-state index >= 15 is 0 Å². The van der Waals surface area contributed by atoms with Gasteiger partial charge in [0.15, 0.2) is 5.69 Å². The minimum Gasteiger partial charge on any atom is -0.391 e. The maximum absolute atomic E-state index is 12.1. The van der Waals surface area contributed by atoms with Crippen LogP contribution >= 0.6 is 12.2 Å². The van der Waals surface area contributed by atoms with Crippen molar-refractivity contribution in [3.8, 4) is 0 Å². The first-order valence-electron chi connectivity index (χ1n) is 6.55. The van der Waals surface area contributed by atoms with Crippen LogP contribution in [0, 0.1) is 5.92 Å². The number of rotatable bonds is 4. The monoisotopic (exact) mass is 281 g/mol. The van der Waals surface area contributed by atoms with Gasteiger partial charge in [-0.1, -0.05) is 25.6 Å². The molecule has 1 aliphatic carbocycles. The van der Waals surface area contributed by atoms with Crippen molar-refractivity contribution in [1.29, 1.82) is 0 Å². The van der Waals surface area contributed by atoms with Crippen molar-refractivity contribution in [3.63, 3.8) is 0 Å². The highest BCUT2D eigenvalue weighted by Crippen LogP contribution is 2.34. The fourth-order valence-electron chi connectivity index (χ4n) is 2.60.